The van der Waals surface area contributed by atoms with Crippen molar-refractivity contribution < 1.29 is 4.74 Å². The fourth-order valence-corrected chi connectivity index (χ4v) is 2.85. The van der Waals surface area contributed by atoms with Gasteiger partial charge in [-0.15, -0.1) is 11.3 Å². The van der Waals surface area contributed by atoms with Crippen LogP contribution in [0.3, 0.4) is 0 Å². The van der Waals surface area contributed by atoms with Crippen molar-refractivity contribution in [2.24, 2.45) is 0 Å². The molecule has 0 bridgehead atoms. The highest BCUT2D eigenvalue weighted by molar-refractivity contribution is 7.16. The first-order valence-electron chi connectivity index (χ1n) is 5.25. The zero-order chi connectivity index (χ0) is 10.7. The van der Waals surface area contributed by atoms with Crippen LogP contribution in [0.2, 0.25) is 4.34 Å². The highest BCUT2D eigenvalue weighted by Gasteiger charge is 2.26. The first kappa shape index (κ1) is 11.4. The quantitative estimate of drug-likeness (QED) is 0.884. The van der Waals surface area contributed by atoms with Gasteiger partial charge in [-0.2, -0.15) is 0 Å². The number of hydrogen-bond donors (Lipinski definition) is 1. The van der Waals surface area contributed by atoms with E-state index >= 15 is 0 Å². The Morgan fingerprint density at radius 2 is 2.47 bits per heavy atom. The third kappa shape index (κ3) is 3.18. The minimum Gasteiger partial charge on any atom is -0.380 e. The minimum absolute atomic E-state index is 0.134. The Labute approximate surface area is 99.6 Å². The van der Waals surface area contributed by atoms with Gasteiger partial charge in [-0.1, -0.05) is 11.6 Å². The first-order chi connectivity index (χ1) is 7.18. The van der Waals surface area contributed by atoms with Crippen molar-refractivity contribution in [3.8, 4) is 0 Å². The van der Waals surface area contributed by atoms with Gasteiger partial charge in [0.1, 0.15) is 0 Å². The van der Waals surface area contributed by atoms with Crippen LogP contribution in [-0.4, -0.2) is 18.8 Å². The summed E-state index contributed by atoms with van der Waals surface area (Å²) in [4.78, 5) is 1.28. The van der Waals surface area contributed by atoms with Gasteiger partial charge >= 0.3 is 0 Å². The van der Waals surface area contributed by atoms with Gasteiger partial charge in [0, 0.05) is 23.6 Å². The van der Waals surface area contributed by atoms with E-state index in [9.17, 15) is 0 Å². The molecule has 0 radical (unpaired) electrons. The molecule has 1 aromatic heterocycles. The number of ether oxygens (including phenoxy) is 1. The molecule has 2 nitrogen and oxygen atoms in total. The van der Waals surface area contributed by atoms with Crippen molar-refractivity contribution in [3.63, 3.8) is 0 Å². The second kappa shape index (κ2) is 4.83. The molecule has 0 saturated carbocycles. The molecular formula is C11H16ClNOS. The van der Waals surface area contributed by atoms with Crippen molar-refractivity contribution in [2.75, 3.05) is 13.2 Å². The summed E-state index contributed by atoms with van der Waals surface area (Å²) in [6.45, 7) is 4.83. The highest BCUT2D eigenvalue weighted by atomic mass is 35.5. The summed E-state index contributed by atoms with van der Waals surface area (Å²) in [5.41, 5.74) is 0.134. The number of halogens is 1. The van der Waals surface area contributed by atoms with E-state index in [4.69, 9.17) is 16.3 Å². The van der Waals surface area contributed by atoms with Crippen LogP contribution in [0.25, 0.3) is 0 Å². The Bertz CT molecular complexity index is 320. The zero-order valence-electron chi connectivity index (χ0n) is 8.88. The SMILES string of the molecule is CC1(NCc2ccc(Cl)s2)CCCOC1. The molecule has 4 heteroatoms. The van der Waals surface area contributed by atoms with Crippen LogP contribution in [0, 0.1) is 0 Å². The monoisotopic (exact) mass is 245 g/mol. The van der Waals surface area contributed by atoms with Crippen LogP contribution in [0.5, 0.6) is 0 Å². The lowest BCUT2D eigenvalue weighted by molar-refractivity contribution is 0.0279. The summed E-state index contributed by atoms with van der Waals surface area (Å²) in [5, 5.41) is 3.55. The second-order valence-electron chi connectivity index (χ2n) is 4.28. The minimum atomic E-state index is 0.134. The molecular weight excluding hydrogens is 230 g/mol. The van der Waals surface area contributed by atoms with Gasteiger partial charge in [-0.25, -0.2) is 0 Å². The van der Waals surface area contributed by atoms with Gasteiger partial charge in [-0.05, 0) is 31.9 Å². The van der Waals surface area contributed by atoms with Crippen LogP contribution in [-0.2, 0) is 11.3 Å². The van der Waals surface area contributed by atoms with Crippen molar-refractivity contribution in [3.05, 3.63) is 21.3 Å². The van der Waals surface area contributed by atoms with Crippen molar-refractivity contribution in [1.29, 1.82) is 0 Å². The molecule has 1 N–H and O–H groups in total. The van der Waals surface area contributed by atoms with Gasteiger partial charge in [0.15, 0.2) is 0 Å². The average Bonchev–Trinajstić information content (AvgIpc) is 2.63. The maximum atomic E-state index is 5.88. The fourth-order valence-electron chi connectivity index (χ4n) is 1.82. The predicted molar refractivity (Wildman–Crippen MR) is 64.6 cm³/mol. The third-order valence-electron chi connectivity index (χ3n) is 2.76. The Balaban J connectivity index is 1.86. The van der Waals surface area contributed by atoms with Gasteiger partial charge in [0.05, 0.1) is 10.9 Å². The normalized spacial score (nSPS) is 26.8. The summed E-state index contributed by atoms with van der Waals surface area (Å²) < 4.78 is 6.35. The molecule has 1 aromatic rings. The molecule has 1 fully saturated rings. The Morgan fingerprint density at radius 3 is 3.07 bits per heavy atom. The van der Waals surface area contributed by atoms with Crippen molar-refractivity contribution in [1.82, 2.24) is 5.32 Å². The molecule has 1 aliphatic heterocycles. The standard InChI is InChI=1S/C11H16ClNOS/c1-11(5-2-6-14-8-11)13-7-9-3-4-10(12)15-9/h3-4,13H,2,5-8H2,1H3. The van der Waals surface area contributed by atoms with E-state index in [1.54, 1.807) is 11.3 Å². The highest BCUT2D eigenvalue weighted by Crippen LogP contribution is 2.23. The second-order valence-corrected chi connectivity index (χ2v) is 6.08. The van der Waals surface area contributed by atoms with E-state index in [2.05, 4.69) is 18.3 Å². The summed E-state index contributed by atoms with van der Waals surface area (Å²) >= 11 is 7.52. The Kier molecular flexibility index (Phi) is 3.67. The molecule has 1 aliphatic rings. The molecule has 84 valence electrons. The number of nitrogens with one attached hydrogen (secondary N) is 1. The van der Waals surface area contributed by atoms with Crippen LogP contribution in [0.1, 0.15) is 24.6 Å². The van der Waals surface area contributed by atoms with E-state index in [1.165, 1.54) is 11.3 Å². The molecule has 2 rings (SSSR count). The Morgan fingerprint density at radius 1 is 1.60 bits per heavy atom. The lowest BCUT2D eigenvalue weighted by Crippen LogP contribution is -2.48. The van der Waals surface area contributed by atoms with E-state index in [-0.39, 0.29) is 5.54 Å². The van der Waals surface area contributed by atoms with Gasteiger partial charge in [-0.3, -0.25) is 0 Å². The topological polar surface area (TPSA) is 21.3 Å². The first-order valence-corrected chi connectivity index (χ1v) is 6.44. The molecule has 1 atom stereocenters. The van der Waals surface area contributed by atoms with E-state index in [0.29, 0.717) is 0 Å². The molecule has 1 unspecified atom stereocenters. The number of rotatable bonds is 3. The summed E-state index contributed by atoms with van der Waals surface area (Å²) in [7, 11) is 0. The fraction of sp³-hybridized carbons (Fsp3) is 0.636. The smallest absolute Gasteiger partial charge is 0.0931 e. The molecule has 0 amide bonds. The molecule has 0 aromatic carbocycles. The van der Waals surface area contributed by atoms with Gasteiger partial charge in [0.25, 0.3) is 0 Å². The van der Waals surface area contributed by atoms with Crippen LogP contribution >= 0.6 is 22.9 Å². The molecule has 0 aliphatic carbocycles. The van der Waals surface area contributed by atoms with E-state index in [1.807, 2.05) is 6.07 Å². The van der Waals surface area contributed by atoms with Crippen molar-refractivity contribution >= 4 is 22.9 Å². The van der Waals surface area contributed by atoms with Crippen LogP contribution < -0.4 is 5.32 Å². The molecule has 0 spiro atoms. The van der Waals surface area contributed by atoms with Crippen LogP contribution in [0.4, 0.5) is 0 Å². The predicted octanol–water partition coefficient (Wildman–Crippen LogP) is 3.06. The number of hydrogen-bond acceptors (Lipinski definition) is 3. The van der Waals surface area contributed by atoms with Gasteiger partial charge < -0.3 is 10.1 Å². The lowest BCUT2D eigenvalue weighted by atomic mass is 9.95. The van der Waals surface area contributed by atoms with E-state index in [0.717, 1.165) is 30.5 Å². The molecule has 2 heterocycles. The summed E-state index contributed by atoms with van der Waals surface area (Å²) in [6, 6.07) is 4.02. The van der Waals surface area contributed by atoms with Crippen molar-refractivity contribution in [2.45, 2.75) is 31.8 Å². The average molecular weight is 246 g/mol. The maximum absolute atomic E-state index is 5.88. The maximum Gasteiger partial charge on any atom is 0.0931 e. The van der Waals surface area contributed by atoms with Gasteiger partial charge in [0.2, 0.25) is 0 Å². The van der Waals surface area contributed by atoms with Crippen LogP contribution in [0.15, 0.2) is 12.1 Å². The summed E-state index contributed by atoms with van der Waals surface area (Å²) in [6.07, 6.45) is 2.33. The van der Waals surface area contributed by atoms with E-state index < -0.39 is 0 Å². The summed E-state index contributed by atoms with van der Waals surface area (Å²) in [5.74, 6) is 0. The molecule has 15 heavy (non-hydrogen) atoms. The largest absolute Gasteiger partial charge is 0.380 e. The molecule has 1 saturated heterocycles. The zero-order valence-corrected chi connectivity index (χ0v) is 10.5. The third-order valence-corrected chi connectivity index (χ3v) is 3.99. The number of thiophene rings is 1. The Hall–Kier alpha value is -0.0900. The lowest BCUT2D eigenvalue weighted by Gasteiger charge is -2.34.